The summed E-state index contributed by atoms with van der Waals surface area (Å²) in [7, 11) is -19.1. The summed E-state index contributed by atoms with van der Waals surface area (Å²) in [6.07, 6.45) is 0. The number of fused-ring (bicyclic) bond motifs is 1. The van der Waals surface area contributed by atoms with E-state index < -0.39 is 96.1 Å². The molecule has 0 spiro atoms. The Kier molecular flexibility index (Phi) is 9.59. The number of phenols is 2. The second-order valence-corrected chi connectivity index (χ2v) is 13.6. The first-order valence-electron chi connectivity index (χ1n) is 9.84. The van der Waals surface area contributed by atoms with Crippen LogP contribution in [0.2, 0.25) is 0 Å². The number of hydrogen-bond donors (Lipinski definition) is 6. The molecule has 3 aromatic carbocycles. The Morgan fingerprint density at radius 1 is 0.800 bits per heavy atom. The Balaban J connectivity index is 0.00000560. The number of anilines is 1. The summed E-state index contributed by atoms with van der Waals surface area (Å²) < 4.78 is 124. The van der Waals surface area contributed by atoms with Crippen LogP contribution in [0, 0.1) is 0 Å². The van der Waals surface area contributed by atoms with Gasteiger partial charge in [0, 0.05) is 34.2 Å². The van der Waals surface area contributed by atoms with E-state index in [1.807, 2.05) is 0 Å². The molecule has 22 heteroatoms. The molecule has 17 nitrogen and oxygen atoms in total. The molecular formula is C18H17CuN3O14S4. The molecule has 0 saturated heterocycles. The van der Waals surface area contributed by atoms with Crippen molar-refractivity contribution < 1.29 is 78.8 Å². The number of phenolic OH excluding ortho intramolecular Hbond substituents is 2. The maximum absolute atomic E-state index is 12.3. The Hall–Kier alpha value is -2.92. The summed E-state index contributed by atoms with van der Waals surface area (Å²) in [4.78, 5) is -2.33. The second-order valence-electron chi connectivity index (χ2n) is 7.55. The zero-order valence-corrected chi connectivity index (χ0v) is 23.4. The number of azo groups is 1. The van der Waals surface area contributed by atoms with Crippen molar-refractivity contribution in [2.45, 2.75) is 14.7 Å². The van der Waals surface area contributed by atoms with Gasteiger partial charge < -0.3 is 15.9 Å². The van der Waals surface area contributed by atoms with Gasteiger partial charge in [-0.3, -0.25) is 13.7 Å². The van der Waals surface area contributed by atoms with Crippen molar-refractivity contribution in [3.63, 3.8) is 0 Å². The van der Waals surface area contributed by atoms with Crippen molar-refractivity contribution in [3.05, 3.63) is 36.4 Å². The zero-order chi connectivity index (χ0) is 29.6. The third-order valence-corrected chi connectivity index (χ3v) is 8.72. The van der Waals surface area contributed by atoms with Crippen molar-refractivity contribution in [2.24, 2.45) is 10.2 Å². The predicted molar refractivity (Wildman–Crippen MR) is 131 cm³/mol. The molecular weight excluding hydrogens is 674 g/mol. The molecule has 3 aromatic rings. The normalized spacial score (nSPS) is 13.0. The summed E-state index contributed by atoms with van der Waals surface area (Å²) in [5.41, 5.74) is 3.97. The van der Waals surface area contributed by atoms with Gasteiger partial charge in [-0.1, -0.05) is 0 Å². The molecule has 7 N–H and O–H groups in total. The quantitative estimate of drug-likeness (QED) is 0.0798. The molecule has 0 heterocycles. The van der Waals surface area contributed by atoms with Gasteiger partial charge >= 0.3 is 10.4 Å². The summed E-state index contributed by atoms with van der Waals surface area (Å²) >= 11 is 0. The average molecular weight is 691 g/mol. The first kappa shape index (κ1) is 33.3. The third-order valence-electron chi connectivity index (χ3n) is 4.88. The monoisotopic (exact) mass is 690 g/mol. The van der Waals surface area contributed by atoms with Gasteiger partial charge in [0.2, 0.25) is 0 Å². The van der Waals surface area contributed by atoms with Gasteiger partial charge in [0.15, 0.2) is 15.6 Å². The SMILES string of the molecule is Nc1cc(S(=O)(=O)O)cc2cc(S(=O)(=O)O)c(N=Nc3ccc(S(=O)(=O)CCOS(=O)(=O)O)cc3O)c(O)c12.[Cu]. The van der Waals surface area contributed by atoms with Crippen LogP contribution in [0.5, 0.6) is 11.5 Å². The molecule has 0 fully saturated rings. The number of aromatic hydroxyl groups is 2. The predicted octanol–water partition coefficient (Wildman–Crippen LogP) is 1.33. The van der Waals surface area contributed by atoms with E-state index >= 15 is 0 Å². The zero-order valence-electron chi connectivity index (χ0n) is 19.2. The van der Waals surface area contributed by atoms with Crippen molar-refractivity contribution >= 4 is 68.3 Å². The minimum Gasteiger partial charge on any atom is -0.506 e. The van der Waals surface area contributed by atoms with E-state index in [1.165, 1.54) is 0 Å². The molecule has 40 heavy (non-hydrogen) atoms. The van der Waals surface area contributed by atoms with Gasteiger partial charge in [0.05, 0.1) is 22.2 Å². The maximum atomic E-state index is 12.3. The van der Waals surface area contributed by atoms with Gasteiger partial charge in [-0.25, -0.2) is 12.6 Å². The van der Waals surface area contributed by atoms with Crippen LogP contribution in [0.3, 0.4) is 0 Å². The fraction of sp³-hybridized carbons (Fsp3) is 0.111. The van der Waals surface area contributed by atoms with Crippen LogP contribution in [-0.4, -0.2) is 69.9 Å². The number of benzene rings is 3. The minimum absolute atomic E-state index is 0. The van der Waals surface area contributed by atoms with Crippen LogP contribution in [-0.2, 0) is 61.7 Å². The number of sulfone groups is 1. The molecule has 0 aliphatic heterocycles. The van der Waals surface area contributed by atoms with Crippen LogP contribution < -0.4 is 5.73 Å². The number of nitrogens with two attached hydrogens (primary N) is 1. The molecule has 3 rings (SSSR count). The molecule has 0 atom stereocenters. The van der Waals surface area contributed by atoms with Crippen LogP contribution in [0.25, 0.3) is 10.8 Å². The van der Waals surface area contributed by atoms with E-state index in [0.717, 1.165) is 24.3 Å². The molecule has 0 aromatic heterocycles. The molecule has 0 saturated carbocycles. The topological polar surface area (TPSA) is 298 Å². The number of nitrogens with zero attached hydrogens (tertiary/aromatic N) is 2. The summed E-state index contributed by atoms with van der Waals surface area (Å²) in [5, 5.41) is 27.3. The smallest absolute Gasteiger partial charge is 0.397 e. The Labute approximate surface area is 237 Å². The van der Waals surface area contributed by atoms with Crippen LogP contribution in [0.1, 0.15) is 0 Å². The van der Waals surface area contributed by atoms with Crippen molar-refractivity contribution in [3.8, 4) is 11.5 Å². The van der Waals surface area contributed by atoms with Gasteiger partial charge in [0.1, 0.15) is 22.0 Å². The molecule has 223 valence electrons. The summed E-state index contributed by atoms with van der Waals surface area (Å²) in [6.45, 7) is -0.933. The Bertz CT molecular complexity index is 1960. The van der Waals surface area contributed by atoms with E-state index in [-0.39, 0.29) is 27.8 Å². The summed E-state index contributed by atoms with van der Waals surface area (Å²) in [5.74, 6) is -2.71. The maximum Gasteiger partial charge on any atom is 0.397 e. The van der Waals surface area contributed by atoms with E-state index in [4.69, 9.17) is 10.3 Å². The number of rotatable bonds is 9. The average Bonchev–Trinajstić information content (AvgIpc) is 2.76. The number of nitrogen functional groups attached to an aromatic ring is 1. The van der Waals surface area contributed by atoms with Crippen LogP contribution in [0.15, 0.2) is 61.3 Å². The van der Waals surface area contributed by atoms with E-state index in [2.05, 4.69) is 14.4 Å². The van der Waals surface area contributed by atoms with E-state index in [1.54, 1.807) is 0 Å². The van der Waals surface area contributed by atoms with Crippen molar-refractivity contribution in [1.82, 2.24) is 0 Å². The molecule has 0 amide bonds. The first-order valence-corrected chi connectivity index (χ1v) is 15.7. The number of hydrogen-bond acceptors (Lipinski definition) is 14. The molecule has 0 bridgehead atoms. The third kappa shape index (κ3) is 7.63. The molecule has 0 aliphatic carbocycles. The first-order chi connectivity index (χ1) is 17.7. The van der Waals surface area contributed by atoms with Crippen molar-refractivity contribution in [1.29, 1.82) is 0 Å². The van der Waals surface area contributed by atoms with Gasteiger partial charge in [-0.2, -0.15) is 25.3 Å². The summed E-state index contributed by atoms with van der Waals surface area (Å²) in [6, 6.07) is 4.73. The van der Waals surface area contributed by atoms with Gasteiger partial charge in [-0.05, 0) is 35.7 Å². The van der Waals surface area contributed by atoms with Crippen molar-refractivity contribution in [2.75, 3.05) is 18.1 Å². The molecule has 0 aliphatic rings. The largest absolute Gasteiger partial charge is 0.506 e. The van der Waals surface area contributed by atoms with Gasteiger partial charge in [0.25, 0.3) is 20.2 Å². The second kappa shape index (κ2) is 11.5. The van der Waals surface area contributed by atoms with E-state index in [9.17, 15) is 53.0 Å². The molecule has 0 unspecified atom stereocenters. The minimum atomic E-state index is -5.15. The fourth-order valence-electron chi connectivity index (χ4n) is 3.19. The fourth-order valence-corrected chi connectivity index (χ4v) is 5.90. The Morgan fingerprint density at radius 2 is 1.43 bits per heavy atom. The molecule has 1 radical (unpaired) electrons. The van der Waals surface area contributed by atoms with Crippen LogP contribution >= 0.6 is 0 Å². The van der Waals surface area contributed by atoms with Gasteiger partial charge in [-0.15, -0.1) is 10.2 Å². The standard InChI is InChI=1S/C18H17N3O14S4.Cu/c19-12-7-11(37(26,27)28)5-9-6-15(38(29,30)31)17(18(23)16(9)12)21-20-13-2-1-10(8-14(13)22)36(24,25)4-3-35-39(32,33)34;/h1-2,5-8,22-23H,3-4,19H2,(H,26,27,28)(H,29,30,31)(H,32,33,34);. The van der Waals surface area contributed by atoms with Crippen LogP contribution in [0.4, 0.5) is 17.1 Å². The van der Waals surface area contributed by atoms with E-state index in [0.29, 0.717) is 12.1 Å². The Morgan fingerprint density at radius 3 is 1.95 bits per heavy atom.